The highest BCUT2D eigenvalue weighted by Crippen LogP contribution is 2.19. The number of rotatable bonds is 10. The number of carbonyl (C=O) groups excluding carboxylic acids is 2. The molecule has 0 saturated heterocycles. The number of halogens is 1. The fourth-order valence-electron chi connectivity index (χ4n) is 3.63. The van der Waals surface area contributed by atoms with Gasteiger partial charge in [-0.25, -0.2) is 0 Å². The van der Waals surface area contributed by atoms with E-state index in [2.05, 4.69) is 5.32 Å². The molecule has 33 heavy (non-hydrogen) atoms. The smallest absolute Gasteiger partial charge is 0.243 e. The van der Waals surface area contributed by atoms with Crippen LogP contribution in [0.2, 0.25) is 5.02 Å². The molecule has 3 rings (SSSR count). The fraction of sp³-hybridized carbons (Fsp3) is 0.259. The second-order valence-electron chi connectivity index (χ2n) is 7.74. The molecule has 0 aromatic heterocycles. The summed E-state index contributed by atoms with van der Waals surface area (Å²) in [5, 5.41) is 3.58. The van der Waals surface area contributed by atoms with Crippen molar-refractivity contribution >= 4 is 23.4 Å². The van der Waals surface area contributed by atoms with Crippen LogP contribution in [0.15, 0.2) is 78.9 Å². The minimum Gasteiger partial charge on any atom is -0.497 e. The molecular weight excluding hydrogens is 436 g/mol. The maximum atomic E-state index is 13.4. The Hall–Kier alpha value is -3.31. The molecule has 2 amide bonds. The topological polar surface area (TPSA) is 58.6 Å². The van der Waals surface area contributed by atoms with E-state index in [0.29, 0.717) is 31.0 Å². The van der Waals surface area contributed by atoms with E-state index >= 15 is 0 Å². The van der Waals surface area contributed by atoms with Gasteiger partial charge in [0.25, 0.3) is 0 Å². The quantitative estimate of drug-likeness (QED) is 0.458. The van der Waals surface area contributed by atoms with Crippen LogP contribution < -0.4 is 10.1 Å². The molecule has 3 aromatic rings. The van der Waals surface area contributed by atoms with Crippen LogP contribution >= 0.6 is 11.6 Å². The number of carbonyl (C=O) groups is 2. The standard InChI is InChI=1S/C27H29ClN2O3/c1-3-26(31)30(19-21-13-15-23(33-2)16-14-21)25(17-20-9-5-4-6-10-20)27(32)29-18-22-11-7-8-12-24(22)28/h4-16,25H,3,17-19H2,1-2H3,(H,29,32)/t25-/m1/s1. The molecule has 0 spiro atoms. The molecule has 0 fully saturated rings. The zero-order chi connectivity index (χ0) is 23.6. The summed E-state index contributed by atoms with van der Waals surface area (Å²) in [5.41, 5.74) is 2.74. The highest BCUT2D eigenvalue weighted by Gasteiger charge is 2.29. The van der Waals surface area contributed by atoms with Crippen LogP contribution in [0.5, 0.6) is 5.75 Å². The normalized spacial score (nSPS) is 11.5. The lowest BCUT2D eigenvalue weighted by Crippen LogP contribution is -2.50. The maximum absolute atomic E-state index is 13.4. The van der Waals surface area contributed by atoms with Gasteiger partial charge in [-0.1, -0.05) is 79.2 Å². The monoisotopic (exact) mass is 464 g/mol. The third-order valence-electron chi connectivity index (χ3n) is 5.50. The van der Waals surface area contributed by atoms with E-state index in [9.17, 15) is 9.59 Å². The Morgan fingerprint density at radius 1 is 0.939 bits per heavy atom. The molecule has 0 aliphatic rings. The third-order valence-corrected chi connectivity index (χ3v) is 5.87. The van der Waals surface area contributed by atoms with Crippen LogP contribution in [0.4, 0.5) is 0 Å². The van der Waals surface area contributed by atoms with E-state index in [-0.39, 0.29) is 11.8 Å². The summed E-state index contributed by atoms with van der Waals surface area (Å²) in [6, 6.07) is 24.0. The molecule has 0 aliphatic heterocycles. The summed E-state index contributed by atoms with van der Waals surface area (Å²) >= 11 is 6.26. The van der Waals surface area contributed by atoms with Gasteiger partial charge in [0.15, 0.2) is 0 Å². The molecule has 6 heteroatoms. The SMILES string of the molecule is CCC(=O)N(Cc1ccc(OC)cc1)[C@H](Cc1ccccc1)C(=O)NCc1ccccc1Cl. The van der Waals surface area contributed by atoms with Crippen molar-refractivity contribution in [3.05, 3.63) is 101 Å². The first-order chi connectivity index (χ1) is 16.0. The summed E-state index contributed by atoms with van der Waals surface area (Å²) in [6.07, 6.45) is 0.719. The Morgan fingerprint density at radius 2 is 1.61 bits per heavy atom. The van der Waals surface area contributed by atoms with Gasteiger partial charge in [0.2, 0.25) is 11.8 Å². The average Bonchev–Trinajstić information content (AvgIpc) is 2.86. The van der Waals surface area contributed by atoms with Crippen LogP contribution in [0, 0.1) is 0 Å². The molecule has 172 valence electrons. The molecule has 1 atom stereocenters. The zero-order valence-electron chi connectivity index (χ0n) is 19.0. The van der Waals surface area contributed by atoms with Gasteiger partial charge in [0.1, 0.15) is 11.8 Å². The first kappa shape index (κ1) is 24.3. The zero-order valence-corrected chi connectivity index (χ0v) is 19.7. The predicted molar refractivity (Wildman–Crippen MR) is 131 cm³/mol. The van der Waals surface area contributed by atoms with E-state index in [1.165, 1.54) is 0 Å². The van der Waals surface area contributed by atoms with Gasteiger partial charge in [-0.3, -0.25) is 9.59 Å². The number of benzene rings is 3. The van der Waals surface area contributed by atoms with Gasteiger partial charge in [-0.15, -0.1) is 0 Å². The van der Waals surface area contributed by atoms with E-state index in [1.54, 1.807) is 18.1 Å². The second kappa shape index (κ2) is 12.1. The highest BCUT2D eigenvalue weighted by atomic mass is 35.5. The van der Waals surface area contributed by atoms with Crippen molar-refractivity contribution in [1.82, 2.24) is 10.2 Å². The lowest BCUT2D eigenvalue weighted by Gasteiger charge is -2.31. The van der Waals surface area contributed by atoms with Gasteiger partial charge < -0.3 is 15.0 Å². The van der Waals surface area contributed by atoms with Crippen molar-refractivity contribution in [2.24, 2.45) is 0 Å². The van der Waals surface area contributed by atoms with Gasteiger partial charge in [0, 0.05) is 31.0 Å². The van der Waals surface area contributed by atoms with Crippen molar-refractivity contribution in [2.45, 2.75) is 38.9 Å². The van der Waals surface area contributed by atoms with E-state index in [4.69, 9.17) is 16.3 Å². The molecule has 0 aliphatic carbocycles. The summed E-state index contributed by atoms with van der Waals surface area (Å²) in [4.78, 5) is 28.1. The van der Waals surface area contributed by atoms with Crippen molar-refractivity contribution in [3.8, 4) is 5.75 Å². The number of ether oxygens (including phenoxy) is 1. The molecule has 0 heterocycles. The van der Waals surface area contributed by atoms with Crippen molar-refractivity contribution in [3.63, 3.8) is 0 Å². The fourth-order valence-corrected chi connectivity index (χ4v) is 3.83. The van der Waals surface area contributed by atoms with Crippen LogP contribution in [0.1, 0.15) is 30.0 Å². The summed E-state index contributed by atoms with van der Waals surface area (Å²) < 4.78 is 5.24. The molecule has 0 radical (unpaired) electrons. The van der Waals surface area contributed by atoms with Gasteiger partial charge in [-0.2, -0.15) is 0 Å². The largest absolute Gasteiger partial charge is 0.497 e. The Morgan fingerprint density at radius 3 is 2.24 bits per heavy atom. The number of nitrogens with one attached hydrogen (secondary N) is 1. The molecule has 1 N–H and O–H groups in total. The number of hydrogen-bond acceptors (Lipinski definition) is 3. The number of amides is 2. The maximum Gasteiger partial charge on any atom is 0.243 e. The molecule has 0 saturated carbocycles. The Labute approximate surface area is 200 Å². The molecular formula is C27H29ClN2O3. The summed E-state index contributed by atoms with van der Waals surface area (Å²) in [7, 11) is 1.61. The first-order valence-corrected chi connectivity index (χ1v) is 11.4. The van der Waals surface area contributed by atoms with E-state index in [1.807, 2.05) is 79.7 Å². The summed E-state index contributed by atoms with van der Waals surface area (Å²) in [6.45, 7) is 2.43. The van der Waals surface area contributed by atoms with E-state index < -0.39 is 6.04 Å². The predicted octanol–water partition coefficient (Wildman–Crippen LogP) is 5.01. The lowest BCUT2D eigenvalue weighted by molar-refractivity contribution is -0.141. The third kappa shape index (κ3) is 6.83. The van der Waals surface area contributed by atoms with Crippen molar-refractivity contribution < 1.29 is 14.3 Å². The minimum atomic E-state index is -0.663. The average molecular weight is 465 g/mol. The van der Waals surface area contributed by atoms with E-state index in [0.717, 1.165) is 22.4 Å². The number of methoxy groups -OCH3 is 1. The summed E-state index contributed by atoms with van der Waals surface area (Å²) in [5.74, 6) is 0.444. The molecule has 3 aromatic carbocycles. The lowest BCUT2D eigenvalue weighted by atomic mass is 10.0. The molecule has 0 unspecified atom stereocenters. The second-order valence-corrected chi connectivity index (χ2v) is 8.15. The minimum absolute atomic E-state index is 0.0837. The molecule has 5 nitrogen and oxygen atoms in total. The van der Waals surface area contributed by atoms with Gasteiger partial charge >= 0.3 is 0 Å². The Balaban J connectivity index is 1.86. The van der Waals surface area contributed by atoms with Crippen LogP contribution in [0.3, 0.4) is 0 Å². The first-order valence-electron chi connectivity index (χ1n) is 11.0. The van der Waals surface area contributed by atoms with Crippen LogP contribution in [-0.2, 0) is 29.1 Å². The Kier molecular flexibility index (Phi) is 8.90. The highest BCUT2D eigenvalue weighted by molar-refractivity contribution is 6.31. The number of nitrogens with zero attached hydrogens (tertiary/aromatic N) is 1. The van der Waals surface area contributed by atoms with Crippen LogP contribution in [0.25, 0.3) is 0 Å². The van der Waals surface area contributed by atoms with Gasteiger partial charge in [-0.05, 0) is 34.9 Å². The van der Waals surface area contributed by atoms with Crippen LogP contribution in [-0.4, -0.2) is 29.9 Å². The molecule has 0 bridgehead atoms. The Bertz CT molecular complexity index is 1050. The van der Waals surface area contributed by atoms with Crippen molar-refractivity contribution in [1.29, 1.82) is 0 Å². The van der Waals surface area contributed by atoms with Crippen molar-refractivity contribution in [2.75, 3.05) is 7.11 Å². The number of hydrogen-bond donors (Lipinski definition) is 1. The van der Waals surface area contributed by atoms with Gasteiger partial charge in [0.05, 0.1) is 7.11 Å².